The Hall–Kier alpha value is -2.30. The molecule has 0 aliphatic carbocycles. The maximum atomic E-state index is 10.4. The molecule has 19 heavy (non-hydrogen) atoms. The van der Waals surface area contributed by atoms with Gasteiger partial charge in [-0.05, 0) is 50.6 Å². The summed E-state index contributed by atoms with van der Waals surface area (Å²) in [5, 5.41) is 13.0. The highest BCUT2D eigenvalue weighted by atomic mass is 16.5. The van der Waals surface area contributed by atoms with E-state index in [9.17, 15) is 4.79 Å². The van der Waals surface area contributed by atoms with Gasteiger partial charge in [-0.25, -0.2) is 9.48 Å². The lowest BCUT2D eigenvalue weighted by molar-refractivity contribution is -0.139. The molecule has 5 nitrogen and oxygen atoms in total. The topological polar surface area (TPSA) is 64.4 Å². The van der Waals surface area contributed by atoms with Crippen molar-refractivity contribution in [3.05, 3.63) is 41.2 Å². The van der Waals surface area contributed by atoms with Crippen LogP contribution in [0.1, 0.15) is 17.0 Å². The van der Waals surface area contributed by atoms with E-state index in [0.29, 0.717) is 5.75 Å². The number of rotatable bonds is 4. The minimum atomic E-state index is -0.988. The van der Waals surface area contributed by atoms with Gasteiger partial charge in [-0.15, -0.1) is 0 Å². The lowest BCUT2D eigenvalue weighted by Gasteiger charge is -2.07. The van der Waals surface area contributed by atoms with Crippen molar-refractivity contribution in [1.29, 1.82) is 0 Å². The first kappa shape index (κ1) is 13.1. The summed E-state index contributed by atoms with van der Waals surface area (Å²) in [6.45, 7) is 5.70. The van der Waals surface area contributed by atoms with Crippen LogP contribution in [0.3, 0.4) is 0 Å². The number of hydrogen-bond donors (Lipinski definition) is 1. The fourth-order valence-corrected chi connectivity index (χ4v) is 1.80. The molecule has 100 valence electrons. The highest BCUT2D eigenvalue weighted by Gasteiger charge is 2.09. The summed E-state index contributed by atoms with van der Waals surface area (Å²) in [6, 6.07) is 7.19. The third-order valence-electron chi connectivity index (χ3n) is 3.10. The Morgan fingerprint density at radius 3 is 2.37 bits per heavy atom. The van der Waals surface area contributed by atoms with Crippen molar-refractivity contribution in [3.8, 4) is 11.4 Å². The van der Waals surface area contributed by atoms with Crippen LogP contribution in [-0.2, 0) is 4.79 Å². The predicted octanol–water partition coefficient (Wildman–Crippen LogP) is 2.26. The zero-order valence-electron chi connectivity index (χ0n) is 11.2. The van der Waals surface area contributed by atoms with E-state index in [1.54, 1.807) is 12.1 Å². The molecule has 0 amide bonds. The molecule has 0 aliphatic rings. The number of nitrogens with zero attached hydrogens (tertiary/aromatic N) is 2. The van der Waals surface area contributed by atoms with Gasteiger partial charge in [0.15, 0.2) is 6.61 Å². The third kappa shape index (κ3) is 2.76. The number of aromatic nitrogens is 2. The second-order valence-corrected chi connectivity index (χ2v) is 4.38. The zero-order valence-corrected chi connectivity index (χ0v) is 11.2. The molecule has 0 unspecified atom stereocenters. The van der Waals surface area contributed by atoms with Crippen molar-refractivity contribution in [2.75, 3.05) is 6.61 Å². The minimum Gasteiger partial charge on any atom is -0.482 e. The Bertz CT molecular complexity index is 600. The number of carboxylic acids is 1. The molecule has 0 bridgehead atoms. The molecule has 0 saturated heterocycles. The van der Waals surface area contributed by atoms with Gasteiger partial charge in [-0.3, -0.25) is 0 Å². The summed E-state index contributed by atoms with van der Waals surface area (Å²) < 4.78 is 6.95. The summed E-state index contributed by atoms with van der Waals surface area (Å²) in [4.78, 5) is 10.4. The smallest absolute Gasteiger partial charge is 0.341 e. The fourth-order valence-electron chi connectivity index (χ4n) is 1.80. The summed E-state index contributed by atoms with van der Waals surface area (Å²) in [5.41, 5.74) is 4.20. The summed E-state index contributed by atoms with van der Waals surface area (Å²) >= 11 is 0. The van der Waals surface area contributed by atoms with Gasteiger partial charge in [0.1, 0.15) is 5.75 Å². The number of aliphatic carboxylic acids is 1. The monoisotopic (exact) mass is 260 g/mol. The quantitative estimate of drug-likeness (QED) is 0.915. The number of carbonyl (C=O) groups is 1. The van der Waals surface area contributed by atoms with Crippen LogP contribution in [0.4, 0.5) is 0 Å². The Balaban J connectivity index is 2.22. The van der Waals surface area contributed by atoms with E-state index >= 15 is 0 Å². The molecule has 0 aliphatic heterocycles. The van der Waals surface area contributed by atoms with Crippen molar-refractivity contribution in [2.24, 2.45) is 0 Å². The van der Waals surface area contributed by atoms with Crippen LogP contribution in [0.25, 0.3) is 5.69 Å². The van der Waals surface area contributed by atoms with E-state index in [1.807, 2.05) is 37.6 Å². The van der Waals surface area contributed by atoms with Crippen LogP contribution in [0.5, 0.6) is 5.75 Å². The molecular formula is C14H16N2O3. The van der Waals surface area contributed by atoms with Gasteiger partial charge >= 0.3 is 5.97 Å². The summed E-state index contributed by atoms with van der Waals surface area (Å²) in [7, 11) is 0. The van der Waals surface area contributed by atoms with Crippen LogP contribution < -0.4 is 4.74 Å². The number of aryl methyl sites for hydroxylation is 1. The summed E-state index contributed by atoms with van der Waals surface area (Å²) in [6.07, 6.45) is 0. The average Bonchev–Trinajstić information content (AvgIpc) is 2.65. The van der Waals surface area contributed by atoms with E-state index in [2.05, 4.69) is 5.10 Å². The SMILES string of the molecule is Cc1nn(-c2ccc(OCC(=O)O)cc2)c(C)c1C. The lowest BCUT2D eigenvalue weighted by Crippen LogP contribution is -2.09. The molecule has 0 atom stereocenters. The molecule has 0 saturated carbocycles. The van der Waals surface area contributed by atoms with Gasteiger partial charge in [0.25, 0.3) is 0 Å². The van der Waals surface area contributed by atoms with E-state index < -0.39 is 5.97 Å². The standard InChI is InChI=1S/C14H16N2O3/c1-9-10(2)15-16(11(9)3)12-4-6-13(7-5-12)19-8-14(17)18/h4-7H,8H2,1-3H3,(H,17,18). The number of hydrogen-bond acceptors (Lipinski definition) is 3. The van der Waals surface area contributed by atoms with Crippen molar-refractivity contribution in [1.82, 2.24) is 9.78 Å². The van der Waals surface area contributed by atoms with E-state index in [1.165, 1.54) is 5.56 Å². The number of ether oxygens (including phenoxy) is 1. The molecule has 1 N–H and O–H groups in total. The first-order valence-electron chi connectivity index (χ1n) is 5.97. The van der Waals surface area contributed by atoms with Gasteiger partial charge < -0.3 is 9.84 Å². The highest BCUT2D eigenvalue weighted by molar-refractivity contribution is 5.68. The van der Waals surface area contributed by atoms with Crippen molar-refractivity contribution < 1.29 is 14.6 Å². The van der Waals surface area contributed by atoms with Crippen molar-refractivity contribution >= 4 is 5.97 Å². The molecule has 1 aromatic heterocycles. The average molecular weight is 260 g/mol. The van der Waals surface area contributed by atoms with Gasteiger partial charge in [-0.2, -0.15) is 5.10 Å². The van der Waals surface area contributed by atoms with Crippen LogP contribution in [0.2, 0.25) is 0 Å². The molecular weight excluding hydrogens is 244 g/mol. The predicted molar refractivity (Wildman–Crippen MR) is 70.9 cm³/mol. The van der Waals surface area contributed by atoms with E-state index in [-0.39, 0.29) is 6.61 Å². The maximum absolute atomic E-state index is 10.4. The Morgan fingerprint density at radius 1 is 1.26 bits per heavy atom. The van der Waals surface area contributed by atoms with Gasteiger partial charge in [-0.1, -0.05) is 0 Å². The second-order valence-electron chi connectivity index (χ2n) is 4.38. The van der Waals surface area contributed by atoms with Gasteiger partial charge in [0.05, 0.1) is 11.4 Å². The molecule has 5 heteroatoms. The highest BCUT2D eigenvalue weighted by Crippen LogP contribution is 2.19. The molecule has 2 rings (SSSR count). The van der Waals surface area contributed by atoms with E-state index in [4.69, 9.17) is 9.84 Å². The number of benzene rings is 1. The molecule has 0 fully saturated rings. The van der Waals surface area contributed by atoms with E-state index in [0.717, 1.165) is 17.1 Å². The first-order chi connectivity index (χ1) is 8.99. The normalized spacial score (nSPS) is 10.5. The lowest BCUT2D eigenvalue weighted by atomic mass is 10.2. The fraction of sp³-hybridized carbons (Fsp3) is 0.286. The summed E-state index contributed by atoms with van der Waals surface area (Å²) in [5.74, 6) is -0.456. The minimum absolute atomic E-state index is 0.335. The van der Waals surface area contributed by atoms with Crippen LogP contribution >= 0.6 is 0 Å². The van der Waals surface area contributed by atoms with Gasteiger partial charge in [0.2, 0.25) is 0 Å². The Labute approximate surface area is 111 Å². The van der Waals surface area contributed by atoms with Crippen LogP contribution in [0.15, 0.2) is 24.3 Å². The van der Waals surface area contributed by atoms with Crippen LogP contribution in [0, 0.1) is 20.8 Å². The van der Waals surface area contributed by atoms with Crippen molar-refractivity contribution in [2.45, 2.75) is 20.8 Å². The molecule has 2 aromatic rings. The van der Waals surface area contributed by atoms with Crippen LogP contribution in [-0.4, -0.2) is 27.5 Å². The largest absolute Gasteiger partial charge is 0.482 e. The first-order valence-corrected chi connectivity index (χ1v) is 5.97. The molecule has 0 radical (unpaired) electrons. The van der Waals surface area contributed by atoms with Crippen molar-refractivity contribution in [3.63, 3.8) is 0 Å². The Morgan fingerprint density at radius 2 is 1.89 bits per heavy atom. The van der Waals surface area contributed by atoms with Gasteiger partial charge in [0, 0.05) is 5.69 Å². The second kappa shape index (κ2) is 5.14. The molecule has 1 heterocycles. The number of carboxylic acid groups (broad SMARTS) is 1. The third-order valence-corrected chi connectivity index (χ3v) is 3.10. The maximum Gasteiger partial charge on any atom is 0.341 e. The Kier molecular flexibility index (Phi) is 3.55. The zero-order chi connectivity index (χ0) is 14.0. The molecule has 1 aromatic carbocycles. The molecule has 0 spiro atoms.